The fourth-order valence-electron chi connectivity index (χ4n) is 4.69. The van der Waals surface area contributed by atoms with Gasteiger partial charge in [0.25, 0.3) is 15.9 Å². The van der Waals surface area contributed by atoms with E-state index < -0.39 is 52.3 Å². The van der Waals surface area contributed by atoms with Gasteiger partial charge in [0.15, 0.2) is 16.6 Å². The van der Waals surface area contributed by atoms with Gasteiger partial charge < -0.3 is 19.8 Å². The molecule has 1 saturated heterocycles. The molecule has 0 saturated carbocycles. The van der Waals surface area contributed by atoms with Crippen LogP contribution >= 0.6 is 0 Å². The topological polar surface area (TPSA) is 148 Å². The number of Topliss-reactive ketones (excluding diaryl/α,β-unsaturated/α-hetero) is 1. The molecule has 2 aromatic heterocycles. The Kier molecular flexibility index (Phi) is 8.89. The molecule has 3 aromatic rings. The van der Waals surface area contributed by atoms with Gasteiger partial charge in [0.05, 0.1) is 19.7 Å². The molecule has 12 heteroatoms. The number of fused-ring (bicyclic) bond motifs is 1. The van der Waals surface area contributed by atoms with Crippen molar-refractivity contribution >= 4 is 38.6 Å². The molecular formula is C28H34N4O7S. The van der Waals surface area contributed by atoms with Crippen molar-refractivity contribution in [3.05, 3.63) is 54.4 Å². The van der Waals surface area contributed by atoms with Crippen LogP contribution < -0.4 is 15.4 Å². The molecule has 1 aromatic carbocycles. The first kappa shape index (κ1) is 29.2. The second-order valence-electron chi connectivity index (χ2n) is 10.3. The molecule has 1 aliphatic heterocycles. The smallest absolute Gasteiger partial charge is 0.287 e. The van der Waals surface area contributed by atoms with Gasteiger partial charge in [0.1, 0.15) is 17.4 Å². The number of pyridine rings is 1. The van der Waals surface area contributed by atoms with Crippen molar-refractivity contribution in [2.24, 2.45) is 5.92 Å². The Balaban J connectivity index is 1.47. The first-order valence-corrected chi connectivity index (χ1v) is 14.6. The zero-order valence-electron chi connectivity index (χ0n) is 22.9. The number of carbonyl (C=O) groups is 3. The Labute approximate surface area is 233 Å². The van der Waals surface area contributed by atoms with Crippen LogP contribution in [0.2, 0.25) is 0 Å². The Morgan fingerprint density at radius 3 is 2.62 bits per heavy atom. The van der Waals surface area contributed by atoms with Crippen molar-refractivity contribution < 1.29 is 32.0 Å². The van der Waals surface area contributed by atoms with Crippen LogP contribution in [0.15, 0.2) is 58.1 Å². The van der Waals surface area contributed by atoms with Crippen molar-refractivity contribution in [1.29, 1.82) is 0 Å². The minimum absolute atomic E-state index is 0.0412. The van der Waals surface area contributed by atoms with E-state index in [2.05, 4.69) is 15.6 Å². The molecule has 214 valence electrons. The number of aromatic nitrogens is 1. The molecule has 2 N–H and O–H groups in total. The van der Waals surface area contributed by atoms with E-state index in [0.717, 1.165) is 4.31 Å². The summed E-state index contributed by atoms with van der Waals surface area (Å²) >= 11 is 0. The summed E-state index contributed by atoms with van der Waals surface area (Å²) in [7, 11) is -2.46. The molecule has 0 aliphatic carbocycles. The van der Waals surface area contributed by atoms with Crippen molar-refractivity contribution in [2.75, 3.05) is 13.7 Å². The average molecular weight is 571 g/mol. The third kappa shape index (κ3) is 6.50. The van der Waals surface area contributed by atoms with Crippen molar-refractivity contribution in [1.82, 2.24) is 19.9 Å². The second kappa shape index (κ2) is 12.2. The largest absolute Gasteiger partial charge is 0.497 e. The zero-order chi connectivity index (χ0) is 29.0. The minimum atomic E-state index is -4.00. The highest BCUT2D eigenvalue weighted by Crippen LogP contribution is 2.25. The molecule has 0 radical (unpaired) electrons. The number of ketones is 1. The van der Waals surface area contributed by atoms with Gasteiger partial charge in [-0.3, -0.25) is 14.4 Å². The van der Waals surface area contributed by atoms with E-state index in [9.17, 15) is 22.8 Å². The van der Waals surface area contributed by atoms with Crippen LogP contribution in [0.1, 0.15) is 50.6 Å². The van der Waals surface area contributed by atoms with E-state index in [1.54, 1.807) is 50.4 Å². The van der Waals surface area contributed by atoms with Gasteiger partial charge in [-0.1, -0.05) is 19.9 Å². The number of carbonyl (C=O) groups excluding carboxylic acids is 3. The summed E-state index contributed by atoms with van der Waals surface area (Å²) in [5, 5.41) is 6.03. The number of nitrogens with zero attached hydrogens (tertiary/aromatic N) is 2. The van der Waals surface area contributed by atoms with Gasteiger partial charge in [0.2, 0.25) is 5.91 Å². The van der Waals surface area contributed by atoms with Crippen LogP contribution in [0.4, 0.5) is 0 Å². The van der Waals surface area contributed by atoms with E-state index in [-0.39, 0.29) is 23.1 Å². The van der Waals surface area contributed by atoms with E-state index >= 15 is 0 Å². The van der Waals surface area contributed by atoms with Crippen molar-refractivity contribution in [3.63, 3.8) is 0 Å². The van der Waals surface area contributed by atoms with Crippen LogP contribution in [-0.2, 0) is 19.6 Å². The molecule has 1 aliphatic rings. The summed E-state index contributed by atoms with van der Waals surface area (Å²) < 4.78 is 38.4. The zero-order valence-corrected chi connectivity index (χ0v) is 23.7. The maximum absolute atomic E-state index is 13.3. The second-order valence-corrected chi connectivity index (χ2v) is 12.2. The highest BCUT2D eigenvalue weighted by Gasteiger charge is 2.38. The number of amides is 2. The lowest BCUT2D eigenvalue weighted by Gasteiger charge is -2.25. The van der Waals surface area contributed by atoms with Crippen molar-refractivity contribution in [3.8, 4) is 5.75 Å². The highest BCUT2D eigenvalue weighted by atomic mass is 32.2. The average Bonchev–Trinajstić information content (AvgIpc) is 3.30. The third-order valence-corrected chi connectivity index (χ3v) is 8.75. The summed E-state index contributed by atoms with van der Waals surface area (Å²) in [5.74, 6) is -0.806. The van der Waals surface area contributed by atoms with Crippen LogP contribution in [0, 0.1) is 5.92 Å². The Hall–Kier alpha value is -3.77. The number of sulfonamides is 1. The van der Waals surface area contributed by atoms with Gasteiger partial charge >= 0.3 is 0 Å². The number of nitrogens with one attached hydrogen (secondary N) is 2. The Morgan fingerprint density at radius 2 is 1.95 bits per heavy atom. The molecule has 0 unspecified atom stereocenters. The molecule has 3 atom stereocenters. The number of methoxy groups -OCH3 is 1. The maximum atomic E-state index is 13.3. The van der Waals surface area contributed by atoms with Crippen LogP contribution in [-0.4, -0.2) is 67.1 Å². The summed E-state index contributed by atoms with van der Waals surface area (Å²) in [4.78, 5) is 43.5. The predicted octanol–water partition coefficient (Wildman–Crippen LogP) is 2.91. The number of rotatable bonds is 9. The fourth-order valence-corrected chi connectivity index (χ4v) is 6.25. The summed E-state index contributed by atoms with van der Waals surface area (Å²) in [6.07, 6.45) is 2.31. The SMILES string of the molecule is COc1ccc2oc(C(=O)N[C@@H](CC(C)C)C(=O)N[C@@H]3CC[C@H](C)N(S(=O)(=O)c4ccccn4)CC3=O)cc2c1. The lowest BCUT2D eigenvalue weighted by Crippen LogP contribution is -2.52. The van der Waals surface area contributed by atoms with Gasteiger partial charge in [-0.05, 0) is 68.5 Å². The summed E-state index contributed by atoms with van der Waals surface area (Å²) in [6, 6.07) is 8.98. The van der Waals surface area contributed by atoms with E-state index in [1.807, 2.05) is 13.8 Å². The monoisotopic (exact) mass is 570 g/mol. The van der Waals surface area contributed by atoms with Gasteiger partial charge in [-0.2, -0.15) is 4.31 Å². The highest BCUT2D eigenvalue weighted by molar-refractivity contribution is 7.89. The molecule has 4 rings (SSSR count). The minimum Gasteiger partial charge on any atom is -0.497 e. The number of hydrogen-bond acceptors (Lipinski definition) is 8. The number of furan rings is 1. The molecule has 0 spiro atoms. The Morgan fingerprint density at radius 1 is 1.18 bits per heavy atom. The number of ether oxygens (including phenoxy) is 1. The van der Waals surface area contributed by atoms with Gasteiger partial charge in [-0.25, -0.2) is 13.4 Å². The number of hydrogen-bond donors (Lipinski definition) is 2. The standard InChI is InChI=1S/C28H34N4O7S/c1-17(2)13-22(31-28(35)25-15-19-14-20(38-4)9-11-24(19)39-25)27(34)30-21-10-8-18(3)32(16-23(21)33)40(36,37)26-7-5-6-12-29-26/h5-7,9,11-12,14-15,17-18,21-22H,8,10,13,16H2,1-4H3,(H,30,34)(H,31,35)/t18-,21+,22-/m0/s1. The third-order valence-electron chi connectivity index (χ3n) is 6.87. The lowest BCUT2D eigenvalue weighted by molar-refractivity contribution is -0.129. The first-order valence-electron chi connectivity index (χ1n) is 13.1. The molecule has 0 bridgehead atoms. The summed E-state index contributed by atoms with van der Waals surface area (Å²) in [6.45, 7) is 5.16. The molecule has 3 heterocycles. The van der Waals surface area contributed by atoms with E-state index in [1.165, 1.54) is 12.3 Å². The predicted molar refractivity (Wildman–Crippen MR) is 147 cm³/mol. The Bertz CT molecular complexity index is 1490. The van der Waals surface area contributed by atoms with Crippen LogP contribution in [0.5, 0.6) is 5.75 Å². The molecule has 11 nitrogen and oxygen atoms in total. The molecule has 1 fully saturated rings. The van der Waals surface area contributed by atoms with E-state index in [4.69, 9.17) is 9.15 Å². The quantitative estimate of drug-likeness (QED) is 0.399. The van der Waals surface area contributed by atoms with Crippen molar-refractivity contribution in [2.45, 2.75) is 63.2 Å². The number of benzene rings is 1. The van der Waals surface area contributed by atoms with Crippen LogP contribution in [0.25, 0.3) is 11.0 Å². The van der Waals surface area contributed by atoms with E-state index in [0.29, 0.717) is 29.6 Å². The molecular weight excluding hydrogens is 536 g/mol. The maximum Gasteiger partial charge on any atom is 0.287 e. The fraction of sp³-hybridized carbons (Fsp3) is 0.429. The van der Waals surface area contributed by atoms with Crippen LogP contribution in [0.3, 0.4) is 0 Å². The lowest BCUT2D eigenvalue weighted by atomic mass is 10.0. The van der Waals surface area contributed by atoms with Gasteiger partial charge in [0, 0.05) is 17.6 Å². The molecule has 2 amide bonds. The first-order chi connectivity index (χ1) is 19.0. The summed E-state index contributed by atoms with van der Waals surface area (Å²) in [5.41, 5.74) is 0.499. The van der Waals surface area contributed by atoms with Gasteiger partial charge in [-0.15, -0.1) is 0 Å². The normalized spacial score (nSPS) is 19.3. The molecule has 40 heavy (non-hydrogen) atoms.